The molecule has 0 spiro atoms. The fraction of sp³-hybridized carbons (Fsp3) is 0.556. The molecule has 0 aliphatic heterocycles. The Morgan fingerprint density at radius 3 is 2.35 bits per heavy atom. The Morgan fingerprint density at radius 1 is 1.17 bits per heavy atom. The smallest absolute Gasteiger partial charge is 0.224 e. The summed E-state index contributed by atoms with van der Waals surface area (Å²) < 4.78 is 5.13. The molecule has 1 aromatic rings. The summed E-state index contributed by atoms with van der Waals surface area (Å²) in [6.45, 7) is 1.90. The summed E-state index contributed by atoms with van der Waals surface area (Å²) in [6.07, 6.45) is 2.69. The zero-order valence-corrected chi connectivity index (χ0v) is 13.5. The topological polar surface area (TPSA) is 78.5 Å². The summed E-state index contributed by atoms with van der Waals surface area (Å²) in [4.78, 5) is 24.1. The molecule has 1 aromatic carbocycles. The zero-order chi connectivity index (χ0) is 16.6. The molecule has 0 aromatic heterocycles. The van der Waals surface area contributed by atoms with E-state index in [0.29, 0.717) is 0 Å². The highest BCUT2D eigenvalue weighted by Crippen LogP contribution is 2.52. The van der Waals surface area contributed by atoms with E-state index in [2.05, 4.69) is 5.32 Å². The number of amides is 1. The molecule has 5 nitrogen and oxygen atoms in total. The van der Waals surface area contributed by atoms with Crippen LogP contribution < -0.4 is 15.2 Å². The maximum atomic E-state index is 12.6. The molecule has 5 atom stereocenters. The van der Waals surface area contributed by atoms with E-state index >= 15 is 0 Å². The molecule has 0 unspecified atom stereocenters. The summed E-state index contributed by atoms with van der Waals surface area (Å²) in [5.74, 6) is -1.25. The number of methoxy groups -OCH3 is 1. The van der Waals surface area contributed by atoms with Crippen molar-refractivity contribution in [2.75, 3.05) is 7.11 Å². The van der Waals surface area contributed by atoms with Crippen LogP contribution in [-0.2, 0) is 9.59 Å². The van der Waals surface area contributed by atoms with E-state index in [-0.39, 0.29) is 23.8 Å². The lowest BCUT2D eigenvalue weighted by atomic mass is 9.78. The SMILES string of the molecule is COc1ccc([C@@H](C)NC(=O)[C@H]2[C@H]3CC[C@@H](C3)[C@@H]2C(=O)[O-])cc1. The lowest BCUT2D eigenvalue weighted by Gasteiger charge is -2.31. The van der Waals surface area contributed by atoms with Gasteiger partial charge in [0.25, 0.3) is 0 Å². The van der Waals surface area contributed by atoms with Gasteiger partial charge in [0.05, 0.1) is 13.2 Å². The predicted octanol–water partition coefficient (Wildman–Crippen LogP) is 1.28. The summed E-state index contributed by atoms with van der Waals surface area (Å²) in [5.41, 5.74) is 0.965. The molecule has 0 radical (unpaired) electrons. The summed E-state index contributed by atoms with van der Waals surface area (Å²) >= 11 is 0. The summed E-state index contributed by atoms with van der Waals surface area (Å²) in [7, 11) is 1.61. The number of ether oxygens (including phenoxy) is 1. The molecule has 3 rings (SSSR count). The van der Waals surface area contributed by atoms with Crippen LogP contribution in [-0.4, -0.2) is 19.0 Å². The van der Waals surface area contributed by atoms with Crippen LogP contribution in [0.1, 0.15) is 37.8 Å². The second kappa shape index (κ2) is 6.22. The lowest BCUT2D eigenvalue weighted by Crippen LogP contribution is -2.46. The van der Waals surface area contributed by atoms with Crippen molar-refractivity contribution >= 4 is 11.9 Å². The van der Waals surface area contributed by atoms with Crippen LogP contribution in [0.2, 0.25) is 0 Å². The summed E-state index contributed by atoms with van der Waals surface area (Å²) in [5, 5.41) is 14.4. The summed E-state index contributed by atoms with van der Waals surface area (Å²) in [6, 6.07) is 7.33. The van der Waals surface area contributed by atoms with Gasteiger partial charge in [-0.2, -0.15) is 0 Å². The second-order valence-electron chi connectivity index (χ2n) is 6.71. The molecule has 2 aliphatic carbocycles. The van der Waals surface area contributed by atoms with Crippen molar-refractivity contribution in [3.63, 3.8) is 0 Å². The Hall–Kier alpha value is -2.04. The van der Waals surface area contributed by atoms with Crippen LogP contribution >= 0.6 is 0 Å². The number of carboxylic acids is 1. The Labute approximate surface area is 136 Å². The third-order valence-electron chi connectivity index (χ3n) is 5.47. The van der Waals surface area contributed by atoms with Gasteiger partial charge in [0, 0.05) is 17.8 Å². The molecule has 1 N–H and O–H groups in total. The average Bonchev–Trinajstić information content (AvgIpc) is 3.15. The van der Waals surface area contributed by atoms with Crippen molar-refractivity contribution in [2.24, 2.45) is 23.7 Å². The van der Waals surface area contributed by atoms with Gasteiger partial charge < -0.3 is 20.0 Å². The molecule has 2 aliphatic rings. The minimum absolute atomic E-state index is 0.108. The molecule has 2 bridgehead atoms. The number of fused-ring (bicyclic) bond motifs is 2. The first-order chi connectivity index (χ1) is 11.0. The molecule has 5 heteroatoms. The van der Waals surface area contributed by atoms with Gasteiger partial charge in [-0.1, -0.05) is 12.1 Å². The van der Waals surface area contributed by atoms with Crippen molar-refractivity contribution in [2.45, 2.75) is 32.2 Å². The fourth-order valence-electron chi connectivity index (χ4n) is 4.29. The maximum Gasteiger partial charge on any atom is 0.224 e. The van der Waals surface area contributed by atoms with E-state index in [1.807, 2.05) is 31.2 Å². The Morgan fingerprint density at radius 2 is 1.78 bits per heavy atom. The van der Waals surface area contributed by atoms with Crippen LogP contribution in [0.25, 0.3) is 0 Å². The lowest BCUT2D eigenvalue weighted by molar-refractivity contribution is -0.314. The van der Waals surface area contributed by atoms with E-state index in [1.165, 1.54) is 0 Å². The van der Waals surface area contributed by atoms with Crippen molar-refractivity contribution in [3.8, 4) is 5.75 Å². The number of aliphatic carboxylic acids is 1. The third kappa shape index (κ3) is 2.92. The molecule has 0 saturated heterocycles. The molecular formula is C18H22NO4-. The van der Waals surface area contributed by atoms with Crippen LogP contribution in [0.3, 0.4) is 0 Å². The van der Waals surface area contributed by atoms with Crippen LogP contribution in [0.15, 0.2) is 24.3 Å². The van der Waals surface area contributed by atoms with E-state index in [0.717, 1.165) is 30.6 Å². The Kier molecular flexibility index (Phi) is 4.28. The van der Waals surface area contributed by atoms with Crippen molar-refractivity contribution in [1.29, 1.82) is 0 Å². The van der Waals surface area contributed by atoms with Gasteiger partial charge in [-0.05, 0) is 55.7 Å². The molecule has 23 heavy (non-hydrogen) atoms. The van der Waals surface area contributed by atoms with Gasteiger partial charge in [0.15, 0.2) is 0 Å². The van der Waals surface area contributed by atoms with Gasteiger partial charge in [0.2, 0.25) is 5.91 Å². The molecule has 124 valence electrons. The minimum atomic E-state index is -1.07. The van der Waals surface area contributed by atoms with Gasteiger partial charge in [0.1, 0.15) is 5.75 Å². The Bertz CT molecular complexity index is 598. The van der Waals surface area contributed by atoms with Gasteiger partial charge in [-0.3, -0.25) is 4.79 Å². The highest BCUT2D eigenvalue weighted by atomic mass is 16.5. The predicted molar refractivity (Wildman–Crippen MR) is 82.4 cm³/mol. The Balaban J connectivity index is 1.69. The van der Waals surface area contributed by atoms with Crippen LogP contribution in [0, 0.1) is 23.7 Å². The van der Waals surface area contributed by atoms with Crippen LogP contribution in [0.5, 0.6) is 5.75 Å². The number of benzene rings is 1. The number of carbonyl (C=O) groups is 2. The van der Waals surface area contributed by atoms with Crippen molar-refractivity contribution in [3.05, 3.63) is 29.8 Å². The largest absolute Gasteiger partial charge is 0.550 e. The van der Waals surface area contributed by atoms with Gasteiger partial charge in [-0.15, -0.1) is 0 Å². The second-order valence-corrected chi connectivity index (χ2v) is 6.71. The quantitative estimate of drug-likeness (QED) is 0.888. The monoisotopic (exact) mass is 316 g/mol. The number of rotatable bonds is 5. The molecular weight excluding hydrogens is 294 g/mol. The number of carbonyl (C=O) groups excluding carboxylic acids is 2. The van der Waals surface area contributed by atoms with E-state index < -0.39 is 17.8 Å². The van der Waals surface area contributed by atoms with Gasteiger partial charge in [-0.25, -0.2) is 0 Å². The maximum absolute atomic E-state index is 12.6. The molecule has 2 fully saturated rings. The van der Waals surface area contributed by atoms with Gasteiger partial charge >= 0.3 is 0 Å². The highest BCUT2D eigenvalue weighted by Gasteiger charge is 2.51. The number of hydrogen-bond donors (Lipinski definition) is 1. The highest BCUT2D eigenvalue weighted by molar-refractivity contribution is 5.85. The van der Waals surface area contributed by atoms with Crippen molar-refractivity contribution < 1.29 is 19.4 Å². The first-order valence-corrected chi connectivity index (χ1v) is 8.16. The molecule has 1 amide bonds. The number of nitrogens with one attached hydrogen (secondary N) is 1. The van der Waals surface area contributed by atoms with Crippen molar-refractivity contribution in [1.82, 2.24) is 5.32 Å². The molecule has 2 saturated carbocycles. The third-order valence-corrected chi connectivity index (χ3v) is 5.47. The average molecular weight is 316 g/mol. The number of carboxylic acid groups (broad SMARTS) is 1. The first kappa shape index (κ1) is 15.8. The van der Waals surface area contributed by atoms with E-state index in [4.69, 9.17) is 4.74 Å². The zero-order valence-electron chi connectivity index (χ0n) is 13.5. The first-order valence-electron chi connectivity index (χ1n) is 8.16. The fourth-order valence-corrected chi connectivity index (χ4v) is 4.29. The van der Waals surface area contributed by atoms with E-state index in [1.54, 1.807) is 7.11 Å². The molecule has 0 heterocycles. The number of hydrogen-bond acceptors (Lipinski definition) is 4. The van der Waals surface area contributed by atoms with Crippen LogP contribution in [0.4, 0.5) is 0 Å². The standard InChI is InChI=1S/C18H23NO4/c1-10(11-5-7-14(23-2)8-6-11)19-17(20)15-12-3-4-13(9-12)16(15)18(21)22/h5-8,10,12-13,15-16H,3-4,9H2,1-2H3,(H,19,20)(H,21,22)/p-1/t10-,12+,13+,15+,16+/m1/s1. The van der Waals surface area contributed by atoms with E-state index in [9.17, 15) is 14.7 Å². The minimum Gasteiger partial charge on any atom is -0.550 e. The normalized spacial score (nSPS) is 30.0.